The van der Waals surface area contributed by atoms with Gasteiger partial charge >= 0.3 is 5.63 Å². The van der Waals surface area contributed by atoms with E-state index in [9.17, 15) is 4.79 Å². The minimum Gasteiger partial charge on any atom is -0.493 e. The number of methoxy groups -OCH3 is 2. The van der Waals surface area contributed by atoms with Gasteiger partial charge in [0.1, 0.15) is 0 Å². The predicted octanol–water partition coefficient (Wildman–Crippen LogP) is 8.77. The van der Waals surface area contributed by atoms with E-state index in [0.717, 1.165) is 31.3 Å². The second-order valence-corrected chi connectivity index (χ2v) is 18.3. The predicted molar refractivity (Wildman–Crippen MR) is 166 cm³/mol. The van der Waals surface area contributed by atoms with Gasteiger partial charge in [-0.1, -0.05) is 45.8 Å². The van der Waals surface area contributed by atoms with E-state index in [0.29, 0.717) is 41.3 Å². The van der Waals surface area contributed by atoms with E-state index in [1.54, 1.807) is 25.9 Å². The van der Waals surface area contributed by atoms with Crippen molar-refractivity contribution in [3.63, 3.8) is 0 Å². The van der Waals surface area contributed by atoms with Crippen molar-refractivity contribution in [2.75, 3.05) is 27.4 Å². The maximum Gasteiger partial charge on any atom is 0.336 e. The molecule has 1 aromatic carbocycles. The highest BCUT2D eigenvalue weighted by atomic mass is 28.4. The Morgan fingerprint density at radius 1 is 1.10 bits per heavy atom. The summed E-state index contributed by atoms with van der Waals surface area (Å²) in [4.78, 5) is 11.9. The van der Waals surface area contributed by atoms with Gasteiger partial charge in [-0.15, -0.1) is 0 Å². The molecule has 1 fully saturated rings. The van der Waals surface area contributed by atoms with Crippen LogP contribution in [-0.2, 0) is 4.43 Å². The molecular formula is C33H52O6Si. The minimum absolute atomic E-state index is 0.0751. The molecule has 0 aliphatic heterocycles. The Kier molecular flexibility index (Phi) is 10.3. The molecule has 7 heteroatoms. The molecule has 3 atom stereocenters. The molecule has 1 aliphatic carbocycles. The Bertz CT molecular complexity index is 1250. The molecule has 0 amide bonds. The molecule has 0 radical (unpaired) electrons. The van der Waals surface area contributed by atoms with Crippen LogP contribution in [0.15, 0.2) is 38.6 Å². The number of rotatable bonds is 11. The Hall–Kier alpha value is -2.25. The zero-order chi connectivity index (χ0) is 29.9. The quantitative estimate of drug-likeness (QED) is 0.116. The average molecular weight is 573 g/mol. The summed E-state index contributed by atoms with van der Waals surface area (Å²) in [6.45, 7) is 22.3. The largest absolute Gasteiger partial charge is 0.493 e. The topological polar surface area (TPSA) is 67.1 Å². The van der Waals surface area contributed by atoms with Gasteiger partial charge in [0.05, 0.1) is 20.8 Å². The maximum atomic E-state index is 11.9. The molecule has 40 heavy (non-hydrogen) atoms. The van der Waals surface area contributed by atoms with E-state index in [1.807, 2.05) is 6.07 Å². The molecule has 224 valence electrons. The number of allylic oxidation sites excluding steroid dienone is 2. The Balaban J connectivity index is 1.82. The lowest BCUT2D eigenvalue weighted by Crippen LogP contribution is -2.42. The van der Waals surface area contributed by atoms with Crippen molar-refractivity contribution in [3.8, 4) is 17.2 Å². The third-order valence-electron chi connectivity index (χ3n) is 9.84. The van der Waals surface area contributed by atoms with Crippen LogP contribution in [0.1, 0.15) is 80.6 Å². The molecule has 3 rings (SSSR count). The normalized spacial score (nSPS) is 21.9. The number of ether oxygens (including phenoxy) is 3. The van der Waals surface area contributed by atoms with Crippen molar-refractivity contribution >= 4 is 19.3 Å². The van der Waals surface area contributed by atoms with Gasteiger partial charge in [-0.25, -0.2) is 4.79 Å². The summed E-state index contributed by atoms with van der Waals surface area (Å²) in [5, 5.41) is 0.943. The van der Waals surface area contributed by atoms with Crippen LogP contribution in [0.5, 0.6) is 17.2 Å². The van der Waals surface area contributed by atoms with Crippen molar-refractivity contribution in [2.24, 2.45) is 17.3 Å². The monoisotopic (exact) mass is 572 g/mol. The van der Waals surface area contributed by atoms with Crippen molar-refractivity contribution < 1.29 is 23.1 Å². The Morgan fingerprint density at radius 2 is 1.80 bits per heavy atom. The Morgan fingerprint density at radius 3 is 2.40 bits per heavy atom. The molecule has 0 saturated heterocycles. The fourth-order valence-corrected chi connectivity index (χ4v) is 7.05. The van der Waals surface area contributed by atoms with E-state index >= 15 is 0 Å². The van der Waals surface area contributed by atoms with Crippen molar-refractivity contribution in [2.45, 2.75) is 98.7 Å². The summed E-state index contributed by atoms with van der Waals surface area (Å²) in [5.41, 5.74) is 3.07. The molecule has 0 bridgehead atoms. The van der Waals surface area contributed by atoms with E-state index in [-0.39, 0.29) is 10.5 Å². The summed E-state index contributed by atoms with van der Waals surface area (Å²) in [7, 11) is 1.41. The van der Waals surface area contributed by atoms with Crippen LogP contribution in [0.2, 0.25) is 18.1 Å². The van der Waals surface area contributed by atoms with Crippen LogP contribution >= 0.6 is 0 Å². The molecule has 2 aromatic rings. The molecule has 1 aliphatic rings. The summed E-state index contributed by atoms with van der Waals surface area (Å²) >= 11 is 0. The lowest BCUT2D eigenvalue weighted by Gasteiger charge is -2.49. The molecule has 1 saturated carbocycles. The molecule has 6 nitrogen and oxygen atoms in total. The molecule has 0 N–H and O–H groups in total. The van der Waals surface area contributed by atoms with E-state index in [2.05, 4.69) is 61.6 Å². The zero-order valence-corrected chi connectivity index (χ0v) is 27.8. The van der Waals surface area contributed by atoms with Crippen LogP contribution in [0.25, 0.3) is 11.0 Å². The number of fused-ring (bicyclic) bond motifs is 1. The number of hydrogen-bond donors (Lipinski definition) is 0. The van der Waals surface area contributed by atoms with Gasteiger partial charge < -0.3 is 23.1 Å². The lowest BCUT2D eigenvalue weighted by atomic mass is 9.57. The summed E-state index contributed by atoms with van der Waals surface area (Å²) < 4.78 is 29.8. The van der Waals surface area contributed by atoms with E-state index in [4.69, 9.17) is 23.1 Å². The second-order valence-electron chi connectivity index (χ2n) is 13.5. The van der Waals surface area contributed by atoms with Crippen LogP contribution in [0, 0.1) is 17.3 Å². The highest BCUT2D eigenvalue weighted by Gasteiger charge is 2.44. The van der Waals surface area contributed by atoms with Crippen LogP contribution in [0.4, 0.5) is 0 Å². The van der Waals surface area contributed by atoms with Gasteiger partial charge in [-0.05, 0) is 93.5 Å². The third kappa shape index (κ3) is 6.79. The standard InChI is InChI=1S/C33H52O6Si/c1-22(2)25-16-14-23(3)33(7,26(25)13-12-19-38-40(10,11)32(4,5)6)18-20-37-30-27(35-8)21-24-15-17-28(34)39-29(24)31(30)36-9/h15,17,21,23,26H,12-14,16,18-20H2,1-11H3/t23-,26-,33-/m1/s1. The Labute approximate surface area is 242 Å². The molecule has 1 heterocycles. The van der Waals surface area contributed by atoms with Crippen LogP contribution in [-0.4, -0.2) is 35.8 Å². The van der Waals surface area contributed by atoms with Gasteiger partial charge in [0.25, 0.3) is 0 Å². The fraction of sp³-hybridized carbons (Fsp3) is 0.667. The first kappa shape index (κ1) is 32.3. The van der Waals surface area contributed by atoms with Crippen molar-refractivity contribution in [1.29, 1.82) is 0 Å². The number of hydrogen-bond acceptors (Lipinski definition) is 6. The number of benzene rings is 1. The minimum atomic E-state index is -1.76. The highest BCUT2D eigenvalue weighted by molar-refractivity contribution is 6.74. The van der Waals surface area contributed by atoms with Crippen molar-refractivity contribution in [3.05, 3.63) is 39.8 Å². The molecule has 1 aromatic heterocycles. The molecule has 0 spiro atoms. The summed E-state index contributed by atoms with van der Waals surface area (Å²) in [5.74, 6) is 2.46. The van der Waals surface area contributed by atoms with Crippen molar-refractivity contribution in [1.82, 2.24) is 0 Å². The zero-order valence-electron chi connectivity index (χ0n) is 26.8. The summed E-state index contributed by atoms with van der Waals surface area (Å²) in [6.07, 6.45) is 5.41. The molecule has 0 unspecified atom stereocenters. The van der Waals surface area contributed by atoms with Gasteiger partial charge in [0.15, 0.2) is 19.6 Å². The van der Waals surface area contributed by atoms with E-state index in [1.165, 1.54) is 24.5 Å². The SMILES string of the molecule is COc1cc2ccc(=O)oc2c(OC)c1OCC[C@]1(C)[C@H](C)CCC(=C(C)C)[C@H]1CCCO[Si](C)(C)C(C)(C)C. The first-order valence-electron chi connectivity index (χ1n) is 14.8. The van der Waals surface area contributed by atoms with Crippen LogP contribution in [0.3, 0.4) is 0 Å². The third-order valence-corrected chi connectivity index (χ3v) is 14.4. The van der Waals surface area contributed by atoms with Crippen LogP contribution < -0.4 is 19.8 Å². The van der Waals surface area contributed by atoms with Gasteiger partial charge in [-0.2, -0.15) is 0 Å². The van der Waals surface area contributed by atoms with Gasteiger partial charge in [-0.3, -0.25) is 0 Å². The fourth-order valence-electron chi connectivity index (χ4n) is 5.96. The first-order valence-corrected chi connectivity index (χ1v) is 17.7. The molecular weight excluding hydrogens is 520 g/mol. The summed E-state index contributed by atoms with van der Waals surface area (Å²) in [6, 6.07) is 4.93. The van der Waals surface area contributed by atoms with Gasteiger partial charge in [0.2, 0.25) is 11.5 Å². The highest BCUT2D eigenvalue weighted by Crippen LogP contribution is 2.53. The van der Waals surface area contributed by atoms with Gasteiger partial charge in [0, 0.05) is 18.1 Å². The average Bonchev–Trinajstić information content (AvgIpc) is 2.87. The van der Waals surface area contributed by atoms with E-state index < -0.39 is 13.9 Å². The lowest BCUT2D eigenvalue weighted by molar-refractivity contribution is 0.0504. The first-order chi connectivity index (χ1) is 18.7. The second kappa shape index (κ2) is 12.7. The maximum absolute atomic E-state index is 11.9. The smallest absolute Gasteiger partial charge is 0.336 e.